The van der Waals surface area contributed by atoms with Crippen molar-refractivity contribution in [1.82, 2.24) is 10.3 Å². The number of thiazole rings is 1. The molecule has 1 N–H and O–H groups in total. The Morgan fingerprint density at radius 2 is 2.12 bits per heavy atom. The van der Waals surface area contributed by atoms with Crippen molar-refractivity contribution in [3.05, 3.63) is 26.9 Å². The van der Waals surface area contributed by atoms with E-state index in [-0.39, 0.29) is 0 Å². The summed E-state index contributed by atoms with van der Waals surface area (Å²) in [6.45, 7) is 8.52. The van der Waals surface area contributed by atoms with Gasteiger partial charge in [0.05, 0.1) is 0 Å². The maximum atomic E-state index is 4.52. The third-order valence-corrected chi connectivity index (χ3v) is 4.55. The Morgan fingerprint density at radius 3 is 2.76 bits per heavy atom. The van der Waals surface area contributed by atoms with E-state index >= 15 is 0 Å². The summed E-state index contributed by atoms with van der Waals surface area (Å²) < 4.78 is 0. The van der Waals surface area contributed by atoms with Gasteiger partial charge in [-0.05, 0) is 32.9 Å². The highest BCUT2D eigenvalue weighted by molar-refractivity contribution is 7.16. The van der Waals surface area contributed by atoms with E-state index in [0.29, 0.717) is 0 Å². The summed E-state index contributed by atoms with van der Waals surface area (Å²) in [5.41, 5.74) is 1.30. The van der Waals surface area contributed by atoms with Crippen molar-refractivity contribution in [2.24, 2.45) is 0 Å². The van der Waals surface area contributed by atoms with Crippen LogP contribution >= 0.6 is 22.7 Å². The number of aryl methyl sites for hydroxylation is 2. The quantitative estimate of drug-likeness (QED) is 0.828. The first-order chi connectivity index (χ1) is 8.20. The molecule has 0 bridgehead atoms. The third kappa shape index (κ3) is 3.15. The molecular formula is C13H18N2S2. The van der Waals surface area contributed by atoms with Gasteiger partial charge in [-0.2, -0.15) is 0 Å². The Balaban J connectivity index is 2.10. The highest BCUT2D eigenvalue weighted by Gasteiger charge is 2.09. The van der Waals surface area contributed by atoms with Crippen LogP contribution in [0.15, 0.2) is 12.3 Å². The second-order valence-electron chi connectivity index (χ2n) is 4.14. The zero-order valence-corrected chi connectivity index (χ0v) is 12.2. The van der Waals surface area contributed by atoms with Crippen LogP contribution in [0.3, 0.4) is 0 Å². The number of nitrogens with zero attached hydrogens (tertiary/aromatic N) is 1. The minimum absolute atomic E-state index is 0.938. The van der Waals surface area contributed by atoms with Gasteiger partial charge < -0.3 is 5.32 Å². The molecule has 2 aromatic rings. The number of thiophene rings is 1. The topological polar surface area (TPSA) is 24.9 Å². The Labute approximate surface area is 111 Å². The molecular weight excluding hydrogens is 248 g/mol. The highest BCUT2D eigenvalue weighted by Crippen LogP contribution is 2.33. The van der Waals surface area contributed by atoms with Gasteiger partial charge in [-0.15, -0.1) is 22.7 Å². The van der Waals surface area contributed by atoms with Crippen LogP contribution < -0.4 is 5.32 Å². The van der Waals surface area contributed by atoms with Gasteiger partial charge in [0.1, 0.15) is 5.01 Å². The lowest BCUT2D eigenvalue weighted by Gasteiger charge is -1.98. The van der Waals surface area contributed by atoms with E-state index in [1.165, 1.54) is 26.6 Å². The number of nitrogens with one attached hydrogen (secondary N) is 1. The van der Waals surface area contributed by atoms with Crippen LogP contribution in [0.1, 0.15) is 28.0 Å². The first-order valence-corrected chi connectivity index (χ1v) is 7.57. The SMILES string of the molecule is CCCNCc1cnc(-c2cc(C)sc2C)s1. The fourth-order valence-electron chi connectivity index (χ4n) is 1.75. The Bertz CT molecular complexity index is 485. The molecule has 0 unspecified atom stereocenters. The molecule has 2 aromatic heterocycles. The molecule has 4 heteroatoms. The molecule has 0 aliphatic heterocycles. The molecule has 0 amide bonds. The monoisotopic (exact) mass is 266 g/mol. The molecule has 0 atom stereocenters. The summed E-state index contributed by atoms with van der Waals surface area (Å²) in [5, 5.41) is 4.56. The Hall–Kier alpha value is -0.710. The summed E-state index contributed by atoms with van der Waals surface area (Å²) in [6.07, 6.45) is 3.17. The van der Waals surface area contributed by atoms with Gasteiger partial charge >= 0.3 is 0 Å². The van der Waals surface area contributed by atoms with Crippen LogP contribution in [0.25, 0.3) is 10.6 Å². The molecule has 2 rings (SSSR count). The van der Waals surface area contributed by atoms with Crippen LogP contribution in [0, 0.1) is 13.8 Å². The number of hydrogen-bond donors (Lipinski definition) is 1. The molecule has 17 heavy (non-hydrogen) atoms. The van der Waals surface area contributed by atoms with Crippen LogP contribution in [-0.4, -0.2) is 11.5 Å². The molecule has 0 fully saturated rings. The predicted octanol–water partition coefficient (Wildman–Crippen LogP) is 3.99. The van der Waals surface area contributed by atoms with Crippen molar-refractivity contribution in [2.75, 3.05) is 6.54 Å². The molecule has 0 saturated heterocycles. The molecule has 2 heterocycles. The standard InChI is InChI=1S/C13H18N2S2/c1-4-5-14-7-11-8-15-13(17-11)12-6-9(2)16-10(12)3/h6,8,14H,4-5,7H2,1-3H3. The third-order valence-electron chi connectivity index (χ3n) is 2.55. The van der Waals surface area contributed by atoms with E-state index in [1.807, 2.05) is 17.5 Å². The normalized spacial score (nSPS) is 11.0. The van der Waals surface area contributed by atoms with Gasteiger partial charge in [0, 0.05) is 32.9 Å². The average Bonchev–Trinajstić information content (AvgIpc) is 2.86. The fourth-order valence-corrected chi connectivity index (χ4v) is 3.69. The number of aromatic nitrogens is 1. The van der Waals surface area contributed by atoms with Crippen molar-refractivity contribution >= 4 is 22.7 Å². The van der Waals surface area contributed by atoms with Gasteiger partial charge in [-0.1, -0.05) is 6.92 Å². The van der Waals surface area contributed by atoms with Gasteiger partial charge in [0.2, 0.25) is 0 Å². The zero-order valence-electron chi connectivity index (χ0n) is 10.5. The van der Waals surface area contributed by atoms with E-state index in [2.05, 4.69) is 37.1 Å². The minimum atomic E-state index is 0.938. The highest BCUT2D eigenvalue weighted by atomic mass is 32.1. The van der Waals surface area contributed by atoms with Crippen molar-refractivity contribution < 1.29 is 0 Å². The molecule has 0 aromatic carbocycles. The van der Waals surface area contributed by atoms with Gasteiger partial charge in [0.15, 0.2) is 0 Å². The predicted molar refractivity (Wildman–Crippen MR) is 76.9 cm³/mol. The van der Waals surface area contributed by atoms with Gasteiger partial charge in [-0.3, -0.25) is 0 Å². The summed E-state index contributed by atoms with van der Waals surface area (Å²) >= 11 is 3.64. The first-order valence-electron chi connectivity index (χ1n) is 5.93. The van der Waals surface area contributed by atoms with Gasteiger partial charge in [-0.25, -0.2) is 4.98 Å². The van der Waals surface area contributed by atoms with Crippen LogP contribution in [-0.2, 0) is 6.54 Å². The molecule has 0 saturated carbocycles. The zero-order chi connectivity index (χ0) is 12.3. The number of hydrogen-bond acceptors (Lipinski definition) is 4. The summed E-state index contributed by atoms with van der Waals surface area (Å²) in [6, 6.07) is 2.24. The maximum Gasteiger partial charge on any atom is 0.124 e. The molecule has 0 aliphatic carbocycles. The second kappa shape index (κ2) is 5.76. The molecule has 0 spiro atoms. The minimum Gasteiger partial charge on any atom is -0.312 e. The lowest BCUT2D eigenvalue weighted by molar-refractivity contribution is 0.681. The van der Waals surface area contributed by atoms with Crippen molar-refractivity contribution in [1.29, 1.82) is 0 Å². The van der Waals surface area contributed by atoms with E-state index in [0.717, 1.165) is 18.1 Å². The smallest absolute Gasteiger partial charge is 0.124 e. The Kier molecular flexibility index (Phi) is 4.31. The van der Waals surface area contributed by atoms with Crippen LogP contribution in [0.5, 0.6) is 0 Å². The number of rotatable bonds is 5. The van der Waals surface area contributed by atoms with E-state index < -0.39 is 0 Å². The van der Waals surface area contributed by atoms with E-state index in [4.69, 9.17) is 0 Å². The largest absolute Gasteiger partial charge is 0.312 e. The van der Waals surface area contributed by atoms with Crippen molar-refractivity contribution in [3.8, 4) is 10.6 Å². The first kappa shape index (κ1) is 12.7. The second-order valence-corrected chi connectivity index (χ2v) is 6.71. The van der Waals surface area contributed by atoms with Gasteiger partial charge in [0.25, 0.3) is 0 Å². The Morgan fingerprint density at radius 1 is 1.29 bits per heavy atom. The average molecular weight is 266 g/mol. The lowest BCUT2D eigenvalue weighted by atomic mass is 10.2. The summed E-state index contributed by atoms with van der Waals surface area (Å²) in [7, 11) is 0. The molecule has 92 valence electrons. The molecule has 0 radical (unpaired) electrons. The molecule has 2 nitrogen and oxygen atoms in total. The van der Waals surface area contributed by atoms with Crippen LogP contribution in [0.4, 0.5) is 0 Å². The molecule has 0 aliphatic rings. The van der Waals surface area contributed by atoms with Crippen molar-refractivity contribution in [3.63, 3.8) is 0 Å². The van der Waals surface area contributed by atoms with E-state index in [9.17, 15) is 0 Å². The van der Waals surface area contributed by atoms with Crippen molar-refractivity contribution in [2.45, 2.75) is 33.7 Å². The summed E-state index contributed by atoms with van der Waals surface area (Å²) in [4.78, 5) is 8.57. The van der Waals surface area contributed by atoms with Crippen LogP contribution in [0.2, 0.25) is 0 Å². The fraction of sp³-hybridized carbons (Fsp3) is 0.462. The maximum absolute atomic E-state index is 4.52. The summed E-state index contributed by atoms with van der Waals surface area (Å²) in [5.74, 6) is 0. The lowest BCUT2D eigenvalue weighted by Crippen LogP contribution is -2.12. The van der Waals surface area contributed by atoms with E-state index in [1.54, 1.807) is 11.3 Å².